The van der Waals surface area contributed by atoms with Gasteiger partial charge in [-0.25, -0.2) is 4.79 Å². The molecule has 4 rings (SSSR count). The van der Waals surface area contributed by atoms with E-state index in [1.807, 2.05) is 35.1 Å². The summed E-state index contributed by atoms with van der Waals surface area (Å²) in [6.07, 6.45) is 6.52. The first-order valence-corrected chi connectivity index (χ1v) is 7.81. The van der Waals surface area contributed by atoms with Gasteiger partial charge in [-0.1, -0.05) is 24.3 Å². The average Bonchev–Trinajstić information content (AvgIpc) is 3.14. The fourth-order valence-electron chi connectivity index (χ4n) is 2.92. The Kier molecular flexibility index (Phi) is 3.01. The summed E-state index contributed by atoms with van der Waals surface area (Å²) in [5.41, 5.74) is 1.85. The summed E-state index contributed by atoms with van der Waals surface area (Å²) in [7, 11) is 0. The molecule has 1 unspecified atom stereocenters. The molecule has 1 aliphatic heterocycles. The summed E-state index contributed by atoms with van der Waals surface area (Å²) in [6, 6.07) is 7.20. The van der Waals surface area contributed by atoms with Gasteiger partial charge in [0.05, 0.1) is 6.20 Å². The highest BCUT2D eigenvalue weighted by atomic mass is 16.2. The van der Waals surface area contributed by atoms with Crippen LogP contribution in [0.4, 0.5) is 4.79 Å². The highest BCUT2D eigenvalue weighted by Gasteiger charge is 2.43. The maximum atomic E-state index is 12.0. The lowest BCUT2D eigenvalue weighted by molar-refractivity contribution is -0.123. The number of carbonyl (C=O) groups is 2. The van der Waals surface area contributed by atoms with Crippen molar-refractivity contribution < 1.29 is 9.59 Å². The number of benzene rings is 1. The summed E-state index contributed by atoms with van der Waals surface area (Å²) in [4.78, 5) is 23.3. The Hall–Kier alpha value is -2.63. The zero-order valence-electron chi connectivity index (χ0n) is 12.9. The number of nitrogens with zero attached hydrogens (tertiary/aromatic N) is 2. The van der Waals surface area contributed by atoms with Gasteiger partial charge in [0.2, 0.25) is 0 Å². The predicted molar refractivity (Wildman–Crippen MR) is 84.4 cm³/mol. The molecule has 2 aromatic rings. The molecule has 0 radical (unpaired) electrons. The zero-order valence-corrected chi connectivity index (χ0v) is 12.9. The molecule has 2 heterocycles. The lowest BCUT2D eigenvalue weighted by Gasteiger charge is -2.21. The van der Waals surface area contributed by atoms with Gasteiger partial charge in [-0.05, 0) is 36.8 Å². The fourth-order valence-corrected chi connectivity index (χ4v) is 2.92. The Balaban J connectivity index is 1.57. The highest BCUT2D eigenvalue weighted by Crippen LogP contribution is 2.31. The van der Waals surface area contributed by atoms with Crippen LogP contribution in [0.5, 0.6) is 0 Å². The van der Waals surface area contributed by atoms with Crippen molar-refractivity contribution in [3.8, 4) is 11.1 Å². The first-order valence-electron chi connectivity index (χ1n) is 7.81. The molecule has 2 fully saturated rings. The summed E-state index contributed by atoms with van der Waals surface area (Å²) < 4.78 is 1.99. The second-order valence-corrected chi connectivity index (χ2v) is 6.51. The van der Waals surface area contributed by atoms with Gasteiger partial charge < -0.3 is 5.32 Å². The lowest BCUT2D eigenvalue weighted by atomic mass is 9.91. The molecule has 1 aliphatic carbocycles. The van der Waals surface area contributed by atoms with Crippen molar-refractivity contribution in [1.82, 2.24) is 20.4 Å². The SMILES string of the molecule is CC1(c2ccc(-c3cnn(CC4CC4)c3)cc2)NC(=O)NC1=O. The van der Waals surface area contributed by atoms with E-state index in [0.29, 0.717) is 0 Å². The van der Waals surface area contributed by atoms with Crippen molar-refractivity contribution in [1.29, 1.82) is 0 Å². The average molecular weight is 310 g/mol. The van der Waals surface area contributed by atoms with Crippen LogP contribution >= 0.6 is 0 Å². The van der Waals surface area contributed by atoms with Crippen molar-refractivity contribution in [2.45, 2.75) is 31.8 Å². The van der Waals surface area contributed by atoms with Gasteiger partial charge >= 0.3 is 6.03 Å². The molecule has 1 aromatic heterocycles. The van der Waals surface area contributed by atoms with E-state index < -0.39 is 11.6 Å². The summed E-state index contributed by atoms with van der Waals surface area (Å²) in [5.74, 6) is 0.460. The number of hydrogen-bond donors (Lipinski definition) is 2. The molecule has 1 atom stereocenters. The zero-order chi connectivity index (χ0) is 16.0. The predicted octanol–water partition coefficient (Wildman–Crippen LogP) is 2.01. The third kappa shape index (κ3) is 2.50. The van der Waals surface area contributed by atoms with Crippen LogP contribution in [0.25, 0.3) is 11.1 Å². The number of amides is 3. The van der Waals surface area contributed by atoms with E-state index in [4.69, 9.17) is 0 Å². The van der Waals surface area contributed by atoms with E-state index >= 15 is 0 Å². The van der Waals surface area contributed by atoms with Crippen LogP contribution < -0.4 is 10.6 Å². The molecule has 118 valence electrons. The smallest absolute Gasteiger partial charge is 0.320 e. The van der Waals surface area contributed by atoms with Gasteiger partial charge in [-0.3, -0.25) is 14.8 Å². The molecule has 3 amide bonds. The molecule has 1 aromatic carbocycles. The van der Waals surface area contributed by atoms with E-state index in [-0.39, 0.29) is 5.91 Å². The Morgan fingerprint density at radius 1 is 1.22 bits per heavy atom. The number of hydrogen-bond acceptors (Lipinski definition) is 3. The minimum Gasteiger partial charge on any atom is -0.320 e. The number of rotatable bonds is 4. The monoisotopic (exact) mass is 310 g/mol. The molecule has 23 heavy (non-hydrogen) atoms. The van der Waals surface area contributed by atoms with E-state index in [9.17, 15) is 9.59 Å². The lowest BCUT2D eigenvalue weighted by Crippen LogP contribution is -2.40. The van der Waals surface area contributed by atoms with Crippen LogP contribution in [0.3, 0.4) is 0 Å². The third-order valence-corrected chi connectivity index (χ3v) is 4.62. The van der Waals surface area contributed by atoms with E-state index in [0.717, 1.165) is 29.2 Å². The molecule has 0 bridgehead atoms. The molecule has 1 saturated carbocycles. The van der Waals surface area contributed by atoms with Crippen molar-refractivity contribution >= 4 is 11.9 Å². The standard InChI is InChI=1S/C17H18N4O2/c1-17(15(22)19-16(23)20-17)14-6-4-12(5-7-14)13-8-18-21(10-13)9-11-2-3-11/h4-8,10-11H,2-3,9H2,1H3,(H2,19,20,22,23). The fraction of sp³-hybridized carbons (Fsp3) is 0.353. The molecule has 1 saturated heterocycles. The third-order valence-electron chi connectivity index (χ3n) is 4.62. The van der Waals surface area contributed by atoms with E-state index in [1.54, 1.807) is 6.92 Å². The van der Waals surface area contributed by atoms with Crippen LogP contribution in [0.2, 0.25) is 0 Å². The van der Waals surface area contributed by atoms with Gasteiger partial charge in [-0.15, -0.1) is 0 Å². The van der Waals surface area contributed by atoms with Crippen LogP contribution in [0.15, 0.2) is 36.7 Å². The van der Waals surface area contributed by atoms with E-state index in [2.05, 4.69) is 21.9 Å². The molecular formula is C17H18N4O2. The summed E-state index contributed by atoms with van der Waals surface area (Å²) >= 11 is 0. The second kappa shape index (κ2) is 4.94. The second-order valence-electron chi connectivity index (χ2n) is 6.51. The normalized spacial score (nSPS) is 23.7. The molecule has 2 N–H and O–H groups in total. The van der Waals surface area contributed by atoms with E-state index in [1.165, 1.54) is 12.8 Å². The van der Waals surface area contributed by atoms with Gasteiger partial charge in [0.25, 0.3) is 5.91 Å². The summed E-state index contributed by atoms with van der Waals surface area (Å²) in [6.45, 7) is 2.69. The first-order chi connectivity index (χ1) is 11.0. The maximum Gasteiger partial charge on any atom is 0.322 e. The quantitative estimate of drug-likeness (QED) is 0.848. The Morgan fingerprint density at radius 3 is 2.57 bits per heavy atom. The molecule has 2 aliphatic rings. The van der Waals surface area contributed by atoms with Gasteiger partial charge in [0.15, 0.2) is 0 Å². The Bertz CT molecular complexity index is 776. The molecular weight excluding hydrogens is 292 g/mol. The Labute approximate surface area is 133 Å². The minimum absolute atomic E-state index is 0.326. The van der Waals surface area contributed by atoms with Crippen molar-refractivity contribution in [2.24, 2.45) is 5.92 Å². The van der Waals surface area contributed by atoms with Crippen LogP contribution in [0.1, 0.15) is 25.3 Å². The van der Waals surface area contributed by atoms with Crippen LogP contribution in [-0.2, 0) is 16.9 Å². The van der Waals surface area contributed by atoms with Crippen molar-refractivity contribution in [3.05, 3.63) is 42.2 Å². The number of carbonyl (C=O) groups excluding carboxylic acids is 2. The highest BCUT2D eigenvalue weighted by molar-refractivity contribution is 6.07. The van der Waals surface area contributed by atoms with Gasteiger partial charge in [0.1, 0.15) is 5.54 Å². The number of imide groups is 1. The maximum absolute atomic E-state index is 12.0. The van der Waals surface area contributed by atoms with Gasteiger partial charge in [0, 0.05) is 18.3 Å². The minimum atomic E-state index is -1.01. The molecule has 6 nitrogen and oxygen atoms in total. The number of urea groups is 1. The van der Waals surface area contributed by atoms with Crippen molar-refractivity contribution in [3.63, 3.8) is 0 Å². The number of aromatic nitrogens is 2. The van der Waals surface area contributed by atoms with Gasteiger partial charge in [-0.2, -0.15) is 5.10 Å². The number of nitrogens with one attached hydrogen (secondary N) is 2. The molecule has 0 spiro atoms. The topological polar surface area (TPSA) is 76.0 Å². The summed E-state index contributed by atoms with van der Waals surface area (Å²) in [5, 5.41) is 9.35. The molecule has 6 heteroatoms. The van der Waals surface area contributed by atoms with Crippen molar-refractivity contribution in [2.75, 3.05) is 0 Å². The van der Waals surface area contributed by atoms with Crippen LogP contribution in [0, 0.1) is 5.92 Å². The van der Waals surface area contributed by atoms with Crippen LogP contribution in [-0.4, -0.2) is 21.7 Å². The largest absolute Gasteiger partial charge is 0.322 e. The first kappa shape index (κ1) is 14.0. The Morgan fingerprint density at radius 2 is 1.96 bits per heavy atom.